The topological polar surface area (TPSA) is 52.4 Å². The van der Waals surface area contributed by atoms with Crippen LogP contribution in [0.15, 0.2) is 10.2 Å². The molecule has 0 N–H and O–H groups in total. The first-order valence-corrected chi connectivity index (χ1v) is 8.91. The zero-order valence-electron chi connectivity index (χ0n) is 12.2. The Bertz CT molecular complexity index is 263. The van der Waals surface area contributed by atoms with E-state index in [0.29, 0.717) is 13.2 Å². The van der Waals surface area contributed by atoms with Crippen molar-refractivity contribution in [1.29, 1.82) is 0 Å². The van der Waals surface area contributed by atoms with Crippen molar-refractivity contribution < 1.29 is 13.3 Å². The van der Waals surface area contributed by atoms with Gasteiger partial charge >= 0.3 is 8.80 Å². The van der Waals surface area contributed by atoms with Gasteiger partial charge in [0, 0.05) is 19.3 Å². The summed E-state index contributed by atoms with van der Waals surface area (Å²) >= 11 is 0. The number of rotatable bonds is 10. The minimum Gasteiger partial charge on any atom is -0.374 e. The van der Waals surface area contributed by atoms with E-state index in [-0.39, 0.29) is 11.8 Å². The highest BCUT2D eigenvalue weighted by Gasteiger charge is 2.51. The van der Waals surface area contributed by atoms with E-state index in [1.165, 1.54) is 0 Å². The van der Waals surface area contributed by atoms with Crippen molar-refractivity contribution in [2.45, 2.75) is 65.3 Å². The lowest BCUT2D eigenvalue weighted by Crippen LogP contribution is -2.50. The molecule has 1 unspecified atom stereocenters. The Kier molecular flexibility index (Phi) is 5.90. The molecule has 0 fully saturated rings. The third kappa shape index (κ3) is 3.60. The van der Waals surface area contributed by atoms with Crippen molar-refractivity contribution >= 4 is 8.80 Å². The van der Waals surface area contributed by atoms with Gasteiger partial charge in [0.05, 0.1) is 6.10 Å². The lowest BCUT2D eigenvalue weighted by molar-refractivity contribution is 0.0216. The SMILES string of the molecule is CCC[Si](OCC)(OCC)OC(C)C1(CC)N=N1. The molecule has 0 aromatic heterocycles. The summed E-state index contributed by atoms with van der Waals surface area (Å²) in [5.41, 5.74) is -0.347. The van der Waals surface area contributed by atoms with Crippen LogP contribution in [0.3, 0.4) is 0 Å². The third-order valence-electron chi connectivity index (χ3n) is 3.17. The number of nitrogens with zero attached hydrogens (tertiary/aromatic N) is 2. The molecule has 18 heavy (non-hydrogen) atoms. The largest absolute Gasteiger partial charge is 0.501 e. The molecule has 0 aliphatic carbocycles. The van der Waals surface area contributed by atoms with Crippen LogP contribution in [0, 0.1) is 0 Å². The maximum atomic E-state index is 6.18. The summed E-state index contributed by atoms with van der Waals surface area (Å²) in [5, 5.41) is 8.26. The molecule has 6 heteroatoms. The second-order valence-electron chi connectivity index (χ2n) is 4.49. The summed E-state index contributed by atoms with van der Waals surface area (Å²) in [5.74, 6) is 0. The second-order valence-corrected chi connectivity index (χ2v) is 7.17. The van der Waals surface area contributed by atoms with Crippen LogP contribution in [0.25, 0.3) is 0 Å². The van der Waals surface area contributed by atoms with Crippen LogP contribution in [0.1, 0.15) is 47.5 Å². The van der Waals surface area contributed by atoms with E-state index in [1.807, 2.05) is 20.8 Å². The van der Waals surface area contributed by atoms with Crippen molar-refractivity contribution in [3.05, 3.63) is 0 Å². The maximum Gasteiger partial charge on any atom is 0.501 e. The lowest BCUT2D eigenvalue weighted by Gasteiger charge is -2.32. The van der Waals surface area contributed by atoms with E-state index < -0.39 is 8.80 Å². The predicted octanol–water partition coefficient (Wildman–Crippen LogP) is 3.39. The molecule has 0 bridgehead atoms. The maximum absolute atomic E-state index is 6.18. The van der Waals surface area contributed by atoms with E-state index in [9.17, 15) is 0 Å². The number of hydrogen-bond donors (Lipinski definition) is 0. The van der Waals surface area contributed by atoms with E-state index in [1.54, 1.807) is 0 Å². The highest BCUT2D eigenvalue weighted by atomic mass is 28.4. The highest BCUT2D eigenvalue weighted by molar-refractivity contribution is 6.60. The molecule has 0 saturated carbocycles. The molecule has 0 saturated heterocycles. The molecule has 1 atom stereocenters. The molecule has 0 spiro atoms. The van der Waals surface area contributed by atoms with Gasteiger partial charge in [-0.25, -0.2) is 0 Å². The van der Waals surface area contributed by atoms with E-state index in [4.69, 9.17) is 13.3 Å². The van der Waals surface area contributed by atoms with Crippen LogP contribution in [-0.4, -0.2) is 33.8 Å². The van der Waals surface area contributed by atoms with Crippen molar-refractivity contribution in [3.63, 3.8) is 0 Å². The van der Waals surface area contributed by atoms with Crippen LogP contribution in [0.2, 0.25) is 6.04 Å². The summed E-state index contributed by atoms with van der Waals surface area (Å²) in [6, 6.07) is 0.846. The van der Waals surface area contributed by atoms with Crippen molar-refractivity contribution in [2.24, 2.45) is 10.2 Å². The first-order valence-electron chi connectivity index (χ1n) is 6.97. The smallest absolute Gasteiger partial charge is 0.374 e. The summed E-state index contributed by atoms with van der Waals surface area (Å²) < 4.78 is 17.9. The second kappa shape index (κ2) is 6.74. The standard InChI is InChI=1S/C12H26N2O3Si/c1-6-10-18(15-8-3,16-9-4)17-11(5)12(7-2)13-14-12/h11H,6-10H2,1-5H3. The minimum atomic E-state index is -2.56. The average Bonchev–Trinajstić information content (AvgIpc) is 3.10. The highest BCUT2D eigenvalue weighted by Crippen LogP contribution is 2.38. The van der Waals surface area contributed by atoms with Gasteiger partial charge in [0.25, 0.3) is 0 Å². The lowest BCUT2D eigenvalue weighted by atomic mass is 10.1. The first kappa shape index (κ1) is 15.8. The molecule has 106 valence electrons. The summed E-state index contributed by atoms with van der Waals surface area (Å²) in [7, 11) is -2.56. The molecule has 1 rings (SSSR count). The molecule has 0 aromatic carbocycles. The molecular weight excluding hydrogens is 248 g/mol. The van der Waals surface area contributed by atoms with Crippen LogP contribution < -0.4 is 0 Å². The van der Waals surface area contributed by atoms with E-state index in [2.05, 4.69) is 24.1 Å². The number of hydrogen-bond acceptors (Lipinski definition) is 5. The normalized spacial score (nSPS) is 18.9. The third-order valence-corrected chi connectivity index (χ3v) is 6.45. The Morgan fingerprint density at radius 2 is 1.61 bits per heavy atom. The fourth-order valence-corrected chi connectivity index (χ4v) is 4.92. The van der Waals surface area contributed by atoms with Crippen LogP contribution in [-0.2, 0) is 13.3 Å². The first-order chi connectivity index (χ1) is 8.58. The summed E-state index contributed by atoms with van der Waals surface area (Å²) in [6.07, 6.45) is 1.79. The van der Waals surface area contributed by atoms with E-state index >= 15 is 0 Å². The van der Waals surface area contributed by atoms with Crippen molar-refractivity contribution in [2.75, 3.05) is 13.2 Å². The molecule has 0 aromatic rings. The minimum absolute atomic E-state index is 0.0705. The van der Waals surface area contributed by atoms with Gasteiger partial charge in [0.2, 0.25) is 5.66 Å². The van der Waals surface area contributed by atoms with Crippen LogP contribution >= 0.6 is 0 Å². The molecular formula is C12H26N2O3Si. The average molecular weight is 274 g/mol. The van der Waals surface area contributed by atoms with Crippen LogP contribution in [0.4, 0.5) is 0 Å². The Morgan fingerprint density at radius 1 is 1.06 bits per heavy atom. The molecule has 1 aliphatic rings. The van der Waals surface area contributed by atoms with Crippen molar-refractivity contribution in [1.82, 2.24) is 0 Å². The van der Waals surface area contributed by atoms with Gasteiger partial charge in [-0.3, -0.25) is 0 Å². The van der Waals surface area contributed by atoms with Gasteiger partial charge in [-0.1, -0.05) is 20.3 Å². The van der Waals surface area contributed by atoms with Gasteiger partial charge in [0.15, 0.2) is 0 Å². The zero-order valence-corrected chi connectivity index (χ0v) is 13.2. The molecule has 0 amide bonds. The Labute approximate surface area is 111 Å². The fourth-order valence-electron chi connectivity index (χ4n) is 2.08. The molecule has 5 nitrogen and oxygen atoms in total. The monoisotopic (exact) mass is 274 g/mol. The summed E-state index contributed by atoms with van der Waals surface area (Å²) in [4.78, 5) is 0. The molecule has 1 heterocycles. The fraction of sp³-hybridized carbons (Fsp3) is 1.00. The van der Waals surface area contributed by atoms with Gasteiger partial charge in [-0.15, -0.1) is 0 Å². The van der Waals surface area contributed by atoms with Gasteiger partial charge in [-0.2, -0.15) is 10.2 Å². The van der Waals surface area contributed by atoms with Crippen LogP contribution in [0.5, 0.6) is 0 Å². The van der Waals surface area contributed by atoms with E-state index in [0.717, 1.165) is 18.9 Å². The Morgan fingerprint density at radius 3 is 1.94 bits per heavy atom. The van der Waals surface area contributed by atoms with Gasteiger partial charge in [0.1, 0.15) is 0 Å². The Balaban J connectivity index is 2.69. The molecule has 0 radical (unpaired) electrons. The van der Waals surface area contributed by atoms with Gasteiger partial charge < -0.3 is 13.3 Å². The van der Waals surface area contributed by atoms with Gasteiger partial charge in [-0.05, 0) is 27.2 Å². The predicted molar refractivity (Wildman–Crippen MR) is 72.5 cm³/mol. The van der Waals surface area contributed by atoms with Crippen molar-refractivity contribution in [3.8, 4) is 0 Å². The summed E-state index contributed by atoms with van der Waals surface area (Å²) in [6.45, 7) is 11.4. The zero-order chi connectivity index (χ0) is 13.6. The quantitative estimate of drug-likeness (QED) is 0.574. The Hall–Kier alpha value is -0.303. The molecule has 1 aliphatic heterocycles.